The molecule has 3 rings (SSSR count). The molecule has 0 bridgehead atoms. The van der Waals surface area contributed by atoms with Crippen LogP contribution in [0, 0.1) is 11.8 Å². The highest BCUT2D eigenvalue weighted by Gasteiger charge is 2.34. The Kier molecular flexibility index (Phi) is 4.83. The van der Waals surface area contributed by atoms with Gasteiger partial charge in [0.1, 0.15) is 0 Å². The summed E-state index contributed by atoms with van der Waals surface area (Å²) < 4.78 is 27.0. The first-order chi connectivity index (χ1) is 11.8. The maximum Gasteiger partial charge on any atom is 0.243 e. The number of benzene rings is 1. The number of rotatable bonds is 4. The van der Waals surface area contributed by atoms with E-state index in [2.05, 4.69) is 6.92 Å². The van der Waals surface area contributed by atoms with Crippen molar-refractivity contribution in [3.05, 3.63) is 24.3 Å². The Labute approximate surface area is 147 Å². The molecule has 1 atom stereocenters. The van der Waals surface area contributed by atoms with Gasteiger partial charge in [0.2, 0.25) is 21.8 Å². The molecule has 1 aromatic rings. The molecule has 2 saturated heterocycles. The summed E-state index contributed by atoms with van der Waals surface area (Å²) in [5.74, 6) is -0.613. The molecule has 0 saturated carbocycles. The maximum atomic E-state index is 12.7. The smallest absolute Gasteiger partial charge is 0.243 e. The van der Waals surface area contributed by atoms with Crippen LogP contribution in [0.15, 0.2) is 29.2 Å². The number of anilines is 1. The van der Waals surface area contributed by atoms with Gasteiger partial charge in [-0.3, -0.25) is 9.59 Å². The van der Waals surface area contributed by atoms with E-state index in [-0.39, 0.29) is 23.8 Å². The molecule has 2 aliphatic rings. The predicted octanol–water partition coefficient (Wildman–Crippen LogP) is 0.945. The summed E-state index contributed by atoms with van der Waals surface area (Å²) in [5.41, 5.74) is 5.85. The van der Waals surface area contributed by atoms with Crippen LogP contribution in [0.2, 0.25) is 0 Å². The second-order valence-electron chi connectivity index (χ2n) is 6.89. The van der Waals surface area contributed by atoms with E-state index >= 15 is 0 Å². The van der Waals surface area contributed by atoms with E-state index in [1.165, 1.54) is 21.3 Å². The predicted molar refractivity (Wildman–Crippen MR) is 93.3 cm³/mol. The monoisotopic (exact) mass is 365 g/mol. The average Bonchev–Trinajstić information content (AvgIpc) is 2.97. The summed E-state index contributed by atoms with van der Waals surface area (Å²) in [7, 11) is -3.51. The molecule has 0 unspecified atom stereocenters. The molecule has 2 amide bonds. The van der Waals surface area contributed by atoms with Crippen LogP contribution >= 0.6 is 0 Å². The Morgan fingerprint density at radius 1 is 1.16 bits per heavy atom. The van der Waals surface area contributed by atoms with Crippen LogP contribution in [0.25, 0.3) is 0 Å². The first-order valence-corrected chi connectivity index (χ1v) is 9.93. The van der Waals surface area contributed by atoms with Gasteiger partial charge in [-0.15, -0.1) is 0 Å². The van der Waals surface area contributed by atoms with E-state index in [9.17, 15) is 18.0 Å². The van der Waals surface area contributed by atoms with E-state index < -0.39 is 21.8 Å². The van der Waals surface area contributed by atoms with Crippen molar-refractivity contribution < 1.29 is 18.0 Å². The number of amides is 2. The fraction of sp³-hybridized carbons (Fsp3) is 0.529. The number of hydrogen-bond acceptors (Lipinski definition) is 4. The topological polar surface area (TPSA) is 101 Å². The van der Waals surface area contributed by atoms with E-state index in [0.717, 1.165) is 12.8 Å². The van der Waals surface area contributed by atoms with Crippen LogP contribution in [0.3, 0.4) is 0 Å². The standard InChI is InChI=1S/C17H23N3O4S/c1-12-6-8-19(9-7-12)25(23,24)15-4-2-14(3-5-15)20-11-13(17(18)22)10-16(20)21/h2-5,12-13H,6-11H2,1H3,(H2,18,22)/t13-/m0/s1. The quantitative estimate of drug-likeness (QED) is 0.858. The number of carbonyl (C=O) groups is 2. The van der Waals surface area contributed by atoms with Gasteiger partial charge in [0, 0.05) is 31.7 Å². The van der Waals surface area contributed by atoms with Gasteiger partial charge in [-0.1, -0.05) is 6.92 Å². The SMILES string of the molecule is CC1CCN(S(=O)(=O)c2ccc(N3C[C@@H](C(N)=O)CC3=O)cc2)CC1. The Morgan fingerprint density at radius 2 is 1.76 bits per heavy atom. The summed E-state index contributed by atoms with van der Waals surface area (Å²) in [6.07, 6.45) is 1.84. The third kappa shape index (κ3) is 3.55. The highest BCUT2D eigenvalue weighted by Crippen LogP contribution is 2.28. The van der Waals surface area contributed by atoms with Crippen LogP contribution in [-0.2, 0) is 19.6 Å². The van der Waals surface area contributed by atoms with Crippen molar-refractivity contribution in [2.45, 2.75) is 31.1 Å². The first-order valence-electron chi connectivity index (χ1n) is 8.49. The second-order valence-corrected chi connectivity index (χ2v) is 8.83. The number of nitrogens with zero attached hydrogens (tertiary/aromatic N) is 2. The molecule has 2 aliphatic heterocycles. The van der Waals surface area contributed by atoms with Gasteiger partial charge in [0.05, 0.1) is 10.8 Å². The lowest BCUT2D eigenvalue weighted by atomic mass is 10.0. The zero-order valence-corrected chi connectivity index (χ0v) is 15.0. The molecule has 0 spiro atoms. The minimum Gasteiger partial charge on any atom is -0.369 e. The lowest BCUT2D eigenvalue weighted by Gasteiger charge is -2.29. The van der Waals surface area contributed by atoms with Crippen molar-refractivity contribution >= 4 is 27.5 Å². The largest absolute Gasteiger partial charge is 0.369 e. The van der Waals surface area contributed by atoms with Crippen LogP contribution in [0.4, 0.5) is 5.69 Å². The van der Waals surface area contributed by atoms with E-state index in [4.69, 9.17) is 5.73 Å². The summed E-state index contributed by atoms with van der Waals surface area (Å²) in [6, 6.07) is 6.27. The number of nitrogens with two attached hydrogens (primary N) is 1. The van der Waals surface area contributed by atoms with E-state index in [1.54, 1.807) is 12.1 Å². The molecule has 136 valence electrons. The second kappa shape index (κ2) is 6.76. The number of piperidine rings is 1. The third-order valence-electron chi connectivity index (χ3n) is 5.06. The molecule has 0 aromatic heterocycles. The van der Waals surface area contributed by atoms with Crippen LogP contribution < -0.4 is 10.6 Å². The van der Waals surface area contributed by atoms with Crippen molar-refractivity contribution in [1.29, 1.82) is 0 Å². The van der Waals surface area contributed by atoms with Gasteiger partial charge in [-0.05, 0) is 43.0 Å². The molecule has 1 aromatic carbocycles. The Bertz CT molecular complexity index is 768. The first kappa shape index (κ1) is 17.9. The molecule has 0 radical (unpaired) electrons. The molecular formula is C17H23N3O4S. The third-order valence-corrected chi connectivity index (χ3v) is 6.97. The van der Waals surface area contributed by atoms with Crippen LogP contribution in [0.5, 0.6) is 0 Å². The zero-order valence-electron chi connectivity index (χ0n) is 14.2. The molecule has 8 heteroatoms. The number of hydrogen-bond donors (Lipinski definition) is 1. The highest BCUT2D eigenvalue weighted by atomic mass is 32.2. The Hall–Kier alpha value is -1.93. The minimum atomic E-state index is -3.51. The Balaban J connectivity index is 1.76. The summed E-state index contributed by atoms with van der Waals surface area (Å²) in [6.45, 7) is 3.45. The highest BCUT2D eigenvalue weighted by molar-refractivity contribution is 7.89. The molecule has 2 N–H and O–H groups in total. The molecule has 2 fully saturated rings. The fourth-order valence-corrected chi connectivity index (χ4v) is 4.79. The molecule has 7 nitrogen and oxygen atoms in total. The van der Waals surface area contributed by atoms with E-state index in [1.807, 2.05) is 0 Å². The summed E-state index contributed by atoms with van der Waals surface area (Å²) in [4.78, 5) is 25.0. The van der Waals surface area contributed by atoms with Crippen LogP contribution in [-0.4, -0.2) is 44.2 Å². The van der Waals surface area contributed by atoms with Crippen molar-refractivity contribution in [2.24, 2.45) is 17.6 Å². The summed E-state index contributed by atoms with van der Waals surface area (Å²) in [5, 5.41) is 0. The van der Waals surface area contributed by atoms with Gasteiger partial charge < -0.3 is 10.6 Å². The van der Waals surface area contributed by atoms with E-state index in [0.29, 0.717) is 24.7 Å². The van der Waals surface area contributed by atoms with Gasteiger partial charge >= 0.3 is 0 Å². The molecular weight excluding hydrogens is 342 g/mol. The fourth-order valence-electron chi connectivity index (χ4n) is 3.32. The lowest BCUT2D eigenvalue weighted by Crippen LogP contribution is -2.37. The maximum absolute atomic E-state index is 12.7. The van der Waals surface area contributed by atoms with Crippen LogP contribution in [0.1, 0.15) is 26.2 Å². The average molecular weight is 365 g/mol. The number of primary amides is 1. The zero-order chi connectivity index (χ0) is 18.2. The number of sulfonamides is 1. The van der Waals surface area contributed by atoms with Crippen molar-refractivity contribution in [3.63, 3.8) is 0 Å². The number of carbonyl (C=O) groups excluding carboxylic acids is 2. The lowest BCUT2D eigenvalue weighted by molar-refractivity contribution is -0.123. The van der Waals surface area contributed by atoms with Crippen molar-refractivity contribution in [1.82, 2.24) is 4.31 Å². The molecule has 2 heterocycles. The van der Waals surface area contributed by atoms with Crippen molar-refractivity contribution in [3.8, 4) is 0 Å². The van der Waals surface area contributed by atoms with Gasteiger partial charge in [-0.25, -0.2) is 8.42 Å². The normalized spacial score (nSPS) is 23.2. The summed E-state index contributed by atoms with van der Waals surface area (Å²) >= 11 is 0. The van der Waals surface area contributed by atoms with Gasteiger partial charge in [0.25, 0.3) is 0 Å². The van der Waals surface area contributed by atoms with Crippen molar-refractivity contribution in [2.75, 3.05) is 24.5 Å². The van der Waals surface area contributed by atoms with Gasteiger partial charge in [-0.2, -0.15) is 4.31 Å². The molecule has 0 aliphatic carbocycles. The van der Waals surface area contributed by atoms with Gasteiger partial charge in [0.15, 0.2) is 0 Å². The molecule has 25 heavy (non-hydrogen) atoms. The minimum absolute atomic E-state index is 0.0986. The Morgan fingerprint density at radius 3 is 2.28 bits per heavy atom.